The number of benzene rings is 1. The number of nitrogens with zero attached hydrogens (tertiary/aromatic N) is 5. The molecule has 3 rings (SSSR count). The van der Waals surface area contributed by atoms with Gasteiger partial charge in [0, 0.05) is 30.7 Å². The highest BCUT2D eigenvalue weighted by Gasteiger charge is 2.10. The van der Waals surface area contributed by atoms with Crippen molar-refractivity contribution in [1.29, 1.82) is 0 Å². The molecule has 3 aromatic rings. The Labute approximate surface area is 166 Å². The maximum atomic E-state index is 12.1. The molecular formula is C18H22N6OS2. The highest BCUT2D eigenvalue weighted by atomic mass is 32.2. The number of nitrogens with one attached hydrogen (secondary N) is 1. The van der Waals surface area contributed by atoms with E-state index in [4.69, 9.17) is 0 Å². The number of carbonyl (C=O) groups excluding carboxylic acids is 1. The van der Waals surface area contributed by atoms with Crippen LogP contribution in [0.2, 0.25) is 0 Å². The van der Waals surface area contributed by atoms with Gasteiger partial charge < -0.3 is 10.2 Å². The number of tetrazole rings is 1. The van der Waals surface area contributed by atoms with Gasteiger partial charge >= 0.3 is 0 Å². The third-order valence-corrected chi connectivity index (χ3v) is 5.72. The Morgan fingerprint density at radius 1 is 1.26 bits per heavy atom. The van der Waals surface area contributed by atoms with E-state index < -0.39 is 0 Å². The zero-order chi connectivity index (χ0) is 18.9. The first-order chi connectivity index (χ1) is 13.2. The molecule has 0 aliphatic rings. The molecular weight excluding hydrogens is 380 g/mol. The minimum absolute atomic E-state index is 0.00645. The number of hydrogen-bond donors (Lipinski definition) is 1. The molecule has 0 unspecified atom stereocenters. The minimum atomic E-state index is -0.00645. The zero-order valence-corrected chi connectivity index (χ0v) is 16.7. The number of carbonyl (C=O) groups is 1. The van der Waals surface area contributed by atoms with Gasteiger partial charge in [0.05, 0.1) is 12.3 Å². The van der Waals surface area contributed by atoms with Crippen molar-refractivity contribution in [2.45, 2.75) is 18.1 Å². The first-order valence-electron chi connectivity index (χ1n) is 8.66. The Balaban J connectivity index is 1.35. The molecule has 9 heteroatoms. The van der Waals surface area contributed by atoms with Gasteiger partial charge in [-0.2, -0.15) is 0 Å². The highest BCUT2D eigenvalue weighted by Crippen LogP contribution is 2.17. The number of rotatable bonds is 10. The fourth-order valence-electron chi connectivity index (χ4n) is 2.49. The van der Waals surface area contributed by atoms with Crippen molar-refractivity contribution in [3.8, 4) is 0 Å². The van der Waals surface area contributed by atoms with E-state index in [0.717, 1.165) is 13.0 Å². The van der Waals surface area contributed by atoms with E-state index in [9.17, 15) is 4.79 Å². The average molecular weight is 403 g/mol. The normalized spacial score (nSPS) is 10.7. The molecule has 0 spiro atoms. The number of anilines is 1. The van der Waals surface area contributed by atoms with Gasteiger partial charge in [-0.3, -0.25) is 4.79 Å². The van der Waals surface area contributed by atoms with Gasteiger partial charge in [0.15, 0.2) is 0 Å². The zero-order valence-electron chi connectivity index (χ0n) is 15.1. The number of aromatic nitrogens is 4. The van der Waals surface area contributed by atoms with Gasteiger partial charge in [-0.15, -0.1) is 16.4 Å². The van der Waals surface area contributed by atoms with E-state index >= 15 is 0 Å². The second kappa shape index (κ2) is 10.1. The molecule has 0 fully saturated rings. The van der Waals surface area contributed by atoms with Crippen LogP contribution in [0.3, 0.4) is 0 Å². The Bertz CT molecular complexity index is 822. The van der Waals surface area contributed by atoms with E-state index in [1.165, 1.54) is 22.3 Å². The lowest BCUT2D eigenvalue weighted by atomic mass is 10.3. The summed E-state index contributed by atoms with van der Waals surface area (Å²) in [5.41, 5.74) is 1.18. The lowest BCUT2D eigenvalue weighted by Gasteiger charge is -2.19. The summed E-state index contributed by atoms with van der Waals surface area (Å²) in [4.78, 5) is 15.4. The maximum absolute atomic E-state index is 12.1. The number of para-hydroxylation sites is 1. The van der Waals surface area contributed by atoms with Crippen molar-refractivity contribution in [2.75, 3.05) is 30.8 Å². The maximum Gasteiger partial charge on any atom is 0.230 e. The number of thiophene rings is 1. The molecule has 0 saturated heterocycles. The van der Waals surface area contributed by atoms with Crippen LogP contribution >= 0.6 is 23.1 Å². The Hall–Kier alpha value is -2.39. The summed E-state index contributed by atoms with van der Waals surface area (Å²) in [5.74, 6) is 0.298. The average Bonchev–Trinajstić information content (AvgIpc) is 3.36. The van der Waals surface area contributed by atoms with Crippen LogP contribution in [0.25, 0.3) is 0 Å². The third-order valence-electron chi connectivity index (χ3n) is 3.91. The summed E-state index contributed by atoms with van der Waals surface area (Å²) in [7, 11) is 2.06. The molecule has 142 valence electrons. The molecule has 27 heavy (non-hydrogen) atoms. The smallest absolute Gasteiger partial charge is 0.230 e. The summed E-state index contributed by atoms with van der Waals surface area (Å²) < 4.78 is 1.72. The van der Waals surface area contributed by atoms with E-state index in [2.05, 4.69) is 44.9 Å². The lowest BCUT2D eigenvalue weighted by molar-refractivity contribution is -0.118. The summed E-state index contributed by atoms with van der Waals surface area (Å²) in [6.45, 7) is 2.16. The molecule has 2 heterocycles. The first-order valence-corrected chi connectivity index (χ1v) is 10.5. The second-order valence-electron chi connectivity index (χ2n) is 5.95. The fourth-order valence-corrected chi connectivity index (χ4v) is 3.88. The molecule has 1 N–H and O–H groups in total. The van der Waals surface area contributed by atoms with Gasteiger partial charge in [-0.05, 0) is 40.4 Å². The van der Waals surface area contributed by atoms with Crippen molar-refractivity contribution in [1.82, 2.24) is 25.5 Å². The lowest BCUT2D eigenvalue weighted by Crippen LogP contribution is -2.29. The quantitative estimate of drug-likeness (QED) is 0.415. The van der Waals surface area contributed by atoms with Crippen LogP contribution in [0.15, 0.2) is 53.0 Å². The van der Waals surface area contributed by atoms with Crippen molar-refractivity contribution in [3.05, 3.63) is 52.7 Å². The first kappa shape index (κ1) is 19.4. The summed E-state index contributed by atoms with van der Waals surface area (Å²) in [6.07, 6.45) is 0.887. The molecule has 0 saturated carbocycles. The van der Waals surface area contributed by atoms with Crippen LogP contribution in [0.4, 0.5) is 5.69 Å². The summed E-state index contributed by atoms with van der Waals surface area (Å²) in [5, 5.41) is 17.3. The summed E-state index contributed by atoms with van der Waals surface area (Å²) in [6, 6.07) is 14.3. The van der Waals surface area contributed by atoms with Crippen LogP contribution in [-0.2, 0) is 11.3 Å². The van der Waals surface area contributed by atoms with Crippen molar-refractivity contribution in [2.24, 2.45) is 0 Å². The monoisotopic (exact) mass is 402 g/mol. The van der Waals surface area contributed by atoms with E-state index in [0.29, 0.717) is 24.0 Å². The largest absolute Gasteiger partial charge is 0.375 e. The van der Waals surface area contributed by atoms with E-state index in [1.54, 1.807) is 16.0 Å². The molecule has 0 aliphatic heterocycles. The van der Waals surface area contributed by atoms with E-state index in [-0.39, 0.29) is 5.91 Å². The van der Waals surface area contributed by atoms with Crippen molar-refractivity contribution >= 4 is 34.7 Å². The minimum Gasteiger partial charge on any atom is -0.375 e. The standard InChI is InChI=1S/C18H22N6OS2/c1-23(15-7-3-2-4-8-15)11-6-10-19-17(25)14-27-18-20-21-22-24(18)13-16-9-5-12-26-16/h2-5,7-9,12H,6,10-11,13-14H2,1H3,(H,19,25). The van der Waals surface area contributed by atoms with Crippen LogP contribution in [0.5, 0.6) is 0 Å². The molecule has 0 atom stereocenters. The molecule has 0 radical (unpaired) electrons. The topological polar surface area (TPSA) is 75.9 Å². The SMILES string of the molecule is CN(CCCNC(=O)CSc1nnnn1Cc1cccs1)c1ccccc1. The van der Waals surface area contributed by atoms with Crippen LogP contribution < -0.4 is 10.2 Å². The predicted octanol–water partition coefficient (Wildman–Crippen LogP) is 2.52. The highest BCUT2D eigenvalue weighted by molar-refractivity contribution is 7.99. The fraction of sp³-hybridized carbons (Fsp3) is 0.333. The summed E-state index contributed by atoms with van der Waals surface area (Å²) >= 11 is 3.01. The molecule has 7 nitrogen and oxygen atoms in total. The van der Waals surface area contributed by atoms with Gasteiger partial charge in [0.1, 0.15) is 0 Å². The molecule has 1 aromatic carbocycles. The van der Waals surface area contributed by atoms with Gasteiger partial charge in [-0.1, -0.05) is 36.0 Å². The van der Waals surface area contributed by atoms with Crippen molar-refractivity contribution in [3.63, 3.8) is 0 Å². The number of thioether (sulfide) groups is 1. The van der Waals surface area contributed by atoms with Crippen LogP contribution in [0, 0.1) is 0 Å². The second-order valence-corrected chi connectivity index (χ2v) is 7.92. The Kier molecular flexibility index (Phi) is 7.23. The third kappa shape index (κ3) is 6.07. The van der Waals surface area contributed by atoms with Crippen LogP contribution in [0.1, 0.15) is 11.3 Å². The Morgan fingerprint density at radius 2 is 2.11 bits per heavy atom. The molecule has 1 amide bonds. The van der Waals surface area contributed by atoms with Crippen molar-refractivity contribution < 1.29 is 4.79 Å². The molecule has 0 aliphatic carbocycles. The number of hydrogen-bond acceptors (Lipinski definition) is 7. The number of amides is 1. The van der Waals surface area contributed by atoms with Gasteiger partial charge in [0.2, 0.25) is 11.1 Å². The van der Waals surface area contributed by atoms with E-state index in [1.807, 2.05) is 35.7 Å². The van der Waals surface area contributed by atoms with Crippen LogP contribution in [-0.4, -0.2) is 52.0 Å². The van der Waals surface area contributed by atoms with Gasteiger partial charge in [0.25, 0.3) is 0 Å². The molecule has 0 bridgehead atoms. The van der Waals surface area contributed by atoms with Gasteiger partial charge in [-0.25, -0.2) is 4.68 Å². The predicted molar refractivity (Wildman–Crippen MR) is 109 cm³/mol. The Morgan fingerprint density at radius 3 is 2.89 bits per heavy atom. The molecule has 2 aromatic heterocycles.